The molecule has 2 aliphatic rings. The highest BCUT2D eigenvalue weighted by Gasteiger charge is 2.42. The van der Waals surface area contributed by atoms with Crippen molar-refractivity contribution in [2.24, 2.45) is 5.92 Å². The number of hydrogen-bond donors (Lipinski definition) is 0. The van der Waals surface area contributed by atoms with Crippen LogP contribution in [0.15, 0.2) is 18.2 Å². The Kier molecular flexibility index (Phi) is 2.86. The van der Waals surface area contributed by atoms with Crippen molar-refractivity contribution < 1.29 is 0 Å². The van der Waals surface area contributed by atoms with Crippen LogP contribution in [0.2, 0.25) is 0 Å². The summed E-state index contributed by atoms with van der Waals surface area (Å²) in [5.74, 6) is 1.53. The first-order chi connectivity index (χ1) is 8.61. The highest BCUT2D eigenvalue weighted by Crippen LogP contribution is 2.45. The Balaban J connectivity index is 2.10. The van der Waals surface area contributed by atoms with Crippen LogP contribution in [0.4, 0.5) is 5.69 Å². The lowest BCUT2D eigenvalue weighted by atomic mass is 9.78. The van der Waals surface area contributed by atoms with Crippen LogP contribution in [0.3, 0.4) is 0 Å². The molecule has 0 radical (unpaired) electrons. The average Bonchev–Trinajstić information content (AvgIpc) is 2.73. The van der Waals surface area contributed by atoms with E-state index in [9.17, 15) is 0 Å². The van der Waals surface area contributed by atoms with Gasteiger partial charge in [0.2, 0.25) is 0 Å². The quantitative estimate of drug-likeness (QED) is 0.749. The number of anilines is 1. The molecule has 3 atom stereocenters. The van der Waals surface area contributed by atoms with Crippen LogP contribution >= 0.6 is 0 Å². The van der Waals surface area contributed by atoms with Gasteiger partial charge < -0.3 is 9.80 Å². The molecule has 0 amide bonds. The Labute approximate surface area is 111 Å². The zero-order chi connectivity index (χ0) is 12.9. The summed E-state index contributed by atoms with van der Waals surface area (Å²) in [7, 11) is 2.26. The van der Waals surface area contributed by atoms with Crippen LogP contribution < -0.4 is 4.90 Å². The summed E-state index contributed by atoms with van der Waals surface area (Å²) in [5.41, 5.74) is 4.46. The molecular weight excluding hydrogens is 220 g/mol. The zero-order valence-electron chi connectivity index (χ0n) is 12.0. The number of aryl methyl sites for hydroxylation is 1. The predicted molar refractivity (Wildman–Crippen MR) is 77.4 cm³/mol. The average molecular weight is 244 g/mol. The second kappa shape index (κ2) is 4.27. The van der Waals surface area contributed by atoms with Gasteiger partial charge in [0.25, 0.3) is 0 Å². The minimum absolute atomic E-state index is 0.667. The van der Waals surface area contributed by atoms with Gasteiger partial charge in [0.1, 0.15) is 0 Å². The van der Waals surface area contributed by atoms with E-state index in [4.69, 9.17) is 0 Å². The molecule has 0 aromatic heterocycles. The van der Waals surface area contributed by atoms with Crippen LogP contribution in [-0.4, -0.2) is 37.6 Å². The van der Waals surface area contributed by atoms with E-state index >= 15 is 0 Å². The summed E-state index contributed by atoms with van der Waals surface area (Å²) in [5, 5.41) is 0. The molecule has 3 unspecified atom stereocenters. The van der Waals surface area contributed by atoms with Gasteiger partial charge in [-0.15, -0.1) is 0 Å². The molecule has 0 bridgehead atoms. The highest BCUT2D eigenvalue weighted by atomic mass is 15.2. The van der Waals surface area contributed by atoms with Gasteiger partial charge in [-0.05, 0) is 45.4 Å². The number of fused-ring (bicyclic) bond motifs is 3. The number of hydrogen-bond acceptors (Lipinski definition) is 2. The molecule has 1 aromatic rings. The molecule has 1 fully saturated rings. The maximum Gasteiger partial charge on any atom is 0.0404 e. The summed E-state index contributed by atoms with van der Waals surface area (Å²) in [6.45, 7) is 10.5. The second-order valence-electron chi connectivity index (χ2n) is 6.08. The second-order valence-corrected chi connectivity index (χ2v) is 6.08. The van der Waals surface area contributed by atoms with Crippen molar-refractivity contribution >= 4 is 5.69 Å². The number of rotatable bonds is 1. The molecular formula is C16H24N2. The minimum atomic E-state index is 0.667. The standard InChI is InChI=1S/C16H24N2/c1-5-18-12(3)14-9-17(4)10-15(14)13-8-11(2)6-7-16(13)18/h6-8,12,14-15H,5,9-10H2,1-4H3. The van der Waals surface area contributed by atoms with Crippen molar-refractivity contribution in [2.45, 2.75) is 32.7 Å². The van der Waals surface area contributed by atoms with E-state index in [1.165, 1.54) is 24.3 Å². The lowest BCUT2D eigenvalue weighted by molar-refractivity contribution is 0.360. The van der Waals surface area contributed by atoms with Crippen molar-refractivity contribution in [1.29, 1.82) is 0 Å². The van der Waals surface area contributed by atoms with Gasteiger partial charge in [-0.2, -0.15) is 0 Å². The van der Waals surface area contributed by atoms with Crippen molar-refractivity contribution in [3.05, 3.63) is 29.3 Å². The summed E-state index contributed by atoms with van der Waals surface area (Å²) in [6, 6.07) is 7.67. The Morgan fingerprint density at radius 2 is 2.06 bits per heavy atom. The first kappa shape index (κ1) is 12.0. The van der Waals surface area contributed by atoms with Crippen LogP contribution in [-0.2, 0) is 0 Å². The number of likely N-dealkylation sites (tertiary alicyclic amines) is 1. The maximum atomic E-state index is 2.59. The van der Waals surface area contributed by atoms with Gasteiger partial charge >= 0.3 is 0 Å². The minimum Gasteiger partial charge on any atom is -0.369 e. The number of nitrogens with zero attached hydrogens (tertiary/aromatic N) is 2. The monoisotopic (exact) mass is 244 g/mol. The molecule has 0 aliphatic carbocycles. The van der Waals surface area contributed by atoms with Crippen molar-refractivity contribution in [3.8, 4) is 0 Å². The fourth-order valence-electron chi connectivity index (χ4n) is 3.99. The largest absolute Gasteiger partial charge is 0.369 e. The van der Waals surface area contributed by atoms with Gasteiger partial charge in [-0.25, -0.2) is 0 Å². The molecule has 2 nitrogen and oxygen atoms in total. The topological polar surface area (TPSA) is 6.48 Å². The molecule has 98 valence electrons. The van der Waals surface area contributed by atoms with Crippen LogP contribution in [0.5, 0.6) is 0 Å². The van der Waals surface area contributed by atoms with E-state index in [0.29, 0.717) is 6.04 Å². The lowest BCUT2D eigenvalue weighted by Crippen LogP contribution is -2.45. The van der Waals surface area contributed by atoms with Crippen LogP contribution in [0.1, 0.15) is 30.9 Å². The first-order valence-electron chi connectivity index (χ1n) is 7.17. The molecule has 18 heavy (non-hydrogen) atoms. The smallest absolute Gasteiger partial charge is 0.0404 e. The van der Waals surface area contributed by atoms with Crippen LogP contribution in [0.25, 0.3) is 0 Å². The maximum absolute atomic E-state index is 2.59. The molecule has 0 saturated carbocycles. The summed E-state index contributed by atoms with van der Waals surface area (Å²) < 4.78 is 0. The Hall–Kier alpha value is -1.02. The van der Waals surface area contributed by atoms with E-state index in [2.05, 4.69) is 55.8 Å². The molecule has 1 saturated heterocycles. The van der Waals surface area contributed by atoms with Crippen molar-refractivity contribution in [3.63, 3.8) is 0 Å². The van der Waals surface area contributed by atoms with Gasteiger partial charge in [0.15, 0.2) is 0 Å². The Morgan fingerprint density at radius 3 is 2.78 bits per heavy atom. The summed E-state index contributed by atoms with van der Waals surface area (Å²) >= 11 is 0. The summed E-state index contributed by atoms with van der Waals surface area (Å²) in [6.07, 6.45) is 0. The first-order valence-corrected chi connectivity index (χ1v) is 7.17. The van der Waals surface area contributed by atoms with E-state index in [0.717, 1.165) is 18.4 Å². The van der Waals surface area contributed by atoms with Crippen LogP contribution in [0, 0.1) is 12.8 Å². The molecule has 2 heteroatoms. The Bertz CT molecular complexity index is 454. The van der Waals surface area contributed by atoms with Crippen molar-refractivity contribution in [2.75, 3.05) is 31.6 Å². The molecule has 0 N–H and O–H groups in total. The third-order valence-electron chi connectivity index (χ3n) is 4.89. The molecule has 2 heterocycles. The van der Waals surface area contributed by atoms with E-state index in [1.807, 2.05) is 0 Å². The van der Waals surface area contributed by atoms with Crippen molar-refractivity contribution in [1.82, 2.24) is 4.90 Å². The molecule has 2 aliphatic heterocycles. The zero-order valence-corrected chi connectivity index (χ0v) is 12.0. The van der Waals surface area contributed by atoms with Gasteiger partial charge in [0.05, 0.1) is 0 Å². The van der Waals surface area contributed by atoms with E-state index in [-0.39, 0.29) is 0 Å². The normalized spacial score (nSPS) is 31.3. The molecule has 3 rings (SSSR count). The van der Waals surface area contributed by atoms with E-state index in [1.54, 1.807) is 5.56 Å². The third-order valence-corrected chi connectivity index (χ3v) is 4.89. The highest BCUT2D eigenvalue weighted by molar-refractivity contribution is 5.60. The lowest BCUT2D eigenvalue weighted by Gasteiger charge is -2.43. The Morgan fingerprint density at radius 1 is 1.28 bits per heavy atom. The molecule has 1 aromatic carbocycles. The third kappa shape index (κ3) is 1.66. The number of likely N-dealkylation sites (N-methyl/N-ethyl adjacent to an activating group) is 1. The van der Waals surface area contributed by atoms with E-state index < -0.39 is 0 Å². The fraction of sp³-hybridized carbons (Fsp3) is 0.625. The van der Waals surface area contributed by atoms with Gasteiger partial charge in [-0.3, -0.25) is 0 Å². The number of benzene rings is 1. The molecule has 0 spiro atoms. The SMILES string of the molecule is CCN1c2ccc(C)cc2C2CN(C)CC2C1C. The summed E-state index contributed by atoms with van der Waals surface area (Å²) in [4.78, 5) is 5.09. The van der Waals surface area contributed by atoms with Gasteiger partial charge in [-0.1, -0.05) is 17.7 Å². The fourth-order valence-corrected chi connectivity index (χ4v) is 3.99. The van der Waals surface area contributed by atoms with Gasteiger partial charge in [0, 0.05) is 37.3 Å². The predicted octanol–water partition coefficient (Wildman–Crippen LogP) is 2.87.